The minimum absolute atomic E-state index is 1.11. The summed E-state index contributed by atoms with van der Waals surface area (Å²) in [6.45, 7) is 2.48. The highest BCUT2D eigenvalue weighted by atomic mass is 15.1. The van der Waals surface area contributed by atoms with Gasteiger partial charge in [-0.3, -0.25) is 0 Å². The van der Waals surface area contributed by atoms with Gasteiger partial charge >= 0.3 is 0 Å². The smallest absolute Gasteiger partial charge is 0.0184 e. The monoisotopic (exact) mass is 235 g/mol. The van der Waals surface area contributed by atoms with Gasteiger partial charge in [0.05, 0.1) is 0 Å². The van der Waals surface area contributed by atoms with Gasteiger partial charge in [0.25, 0.3) is 0 Å². The van der Waals surface area contributed by atoms with E-state index in [1.54, 1.807) is 0 Å². The third-order valence-corrected chi connectivity index (χ3v) is 4.23. The van der Waals surface area contributed by atoms with Crippen LogP contribution in [-0.4, -0.2) is 18.0 Å². The van der Waals surface area contributed by atoms with E-state index in [-0.39, 0.29) is 0 Å². The van der Waals surface area contributed by atoms with E-state index in [2.05, 4.69) is 47.4 Å². The number of allylic oxidation sites excluding steroid dienone is 1. The molecule has 0 unspecified atom stereocenters. The highest BCUT2D eigenvalue weighted by molar-refractivity contribution is 5.95. The Morgan fingerprint density at radius 3 is 2.50 bits per heavy atom. The minimum Gasteiger partial charge on any atom is -0.375 e. The molecule has 0 saturated carbocycles. The van der Waals surface area contributed by atoms with E-state index >= 15 is 0 Å². The molecule has 0 bridgehead atoms. The summed E-state index contributed by atoms with van der Waals surface area (Å²) in [6, 6.07) is 13.3. The molecule has 0 atom stereocenters. The molecule has 2 aromatic carbocycles. The van der Waals surface area contributed by atoms with Gasteiger partial charge in [0.1, 0.15) is 0 Å². The highest BCUT2D eigenvalue weighted by Gasteiger charge is 2.19. The second-order valence-corrected chi connectivity index (χ2v) is 5.37. The predicted molar refractivity (Wildman–Crippen MR) is 76.4 cm³/mol. The Morgan fingerprint density at radius 1 is 0.889 bits per heavy atom. The van der Waals surface area contributed by atoms with Crippen molar-refractivity contribution in [3.05, 3.63) is 53.2 Å². The second kappa shape index (κ2) is 3.88. The molecule has 1 aliphatic heterocycles. The lowest BCUT2D eigenvalue weighted by Gasteiger charge is -2.26. The van der Waals surface area contributed by atoms with Crippen molar-refractivity contribution in [3.8, 4) is 0 Å². The van der Waals surface area contributed by atoms with Crippen molar-refractivity contribution in [2.24, 2.45) is 0 Å². The molecule has 1 saturated heterocycles. The summed E-state index contributed by atoms with van der Waals surface area (Å²) in [5.74, 6) is 0. The third kappa shape index (κ3) is 1.47. The number of benzene rings is 2. The first-order valence-corrected chi connectivity index (χ1v) is 6.88. The van der Waals surface area contributed by atoms with Crippen molar-refractivity contribution in [2.45, 2.75) is 19.3 Å². The largest absolute Gasteiger partial charge is 0.375 e. The molecule has 0 N–H and O–H groups in total. The Labute approximate surface area is 108 Å². The molecule has 2 aliphatic rings. The quantitative estimate of drug-likeness (QED) is 0.726. The lowest BCUT2D eigenvalue weighted by molar-refractivity contribution is 0.420. The Balaban J connectivity index is 1.88. The van der Waals surface area contributed by atoms with Gasteiger partial charge in [-0.25, -0.2) is 0 Å². The maximum atomic E-state index is 2.56. The van der Waals surface area contributed by atoms with E-state index in [9.17, 15) is 0 Å². The van der Waals surface area contributed by atoms with Crippen LogP contribution in [0.4, 0.5) is 0 Å². The van der Waals surface area contributed by atoms with Crippen molar-refractivity contribution in [1.29, 1.82) is 0 Å². The zero-order valence-electron chi connectivity index (χ0n) is 10.5. The van der Waals surface area contributed by atoms with Gasteiger partial charge in [0.2, 0.25) is 0 Å². The molecule has 0 amide bonds. The summed E-state index contributed by atoms with van der Waals surface area (Å²) in [7, 11) is 0. The molecule has 4 rings (SSSR count). The van der Waals surface area contributed by atoms with Gasteiger partial charge in [0.15, 0.2) is 0 Å². The number of rotatable bonds is 1. The average molecular weight is 235 g/mol. The molecule has 18 heavy (non-hydrogen) atoms. The van der Waals surface area contributed by atoms with Crippen LogP contribution >= 0.6 is 0 Å². The Bertz CT molecular complexity index is 628. The van der Waals surface area contributed by atoms with Gasteiger partial charge in [0, 0.05) is 25.2 Å². The van der Waals surface area contributed by atoms with Crippen molar-refractivity contribution >= 4 is 16.8 Å². The third-order valence-electron chi connectivity index (χ3n) is 4.23. The van der Waals surface area contributed by atoms with Crippen molar-refractivity contribution < 1.29 is 0 Å². The zero-order valence-corrected chi connectivity index (χ0v) is 10.5. The van der Waals surface area contributed by atoms with Crippen LogP contribution in [0.25, 0.3) is 16.8 Å². The van der Waals surface area contributed by atoms with E-state index in [0.717, 1.165) is 6.42 Å². The SMILES string of the molecule is C1=C(N2CCCC2)Cc2cccc3cccc1c23. The average Bonchev–Trinajstić information content (AvgIpc) is 2.93. The van der Waals surface area contributed by atoms with Crippen molar-refractivity contribution in [1.82, 2.24) is 4.90 Å². The Kier molecular flexibility index (Phi) is 2.19. The van der Waals surface area contributed by atoms with Crippen LogP contribution in [0, 0.1) is 0 Å². The van der Waals surface area contributed by atoms with Gasteiger partial charge in [-0.05, 0) is 40.8 Å². The van der Waals surface area contributed by atoms with E-state index in [1.165, 1.54) is 53.5 Å². The van der Waals surface area contributed by atoms with E-state index in [1.807, 2.05) is 0 Å². The molecule has 1 nitrogen and oxygen atoms in total. The van der Waals surface area contributed by atoms with E-state index in [4.69, 9.17) is 0 Å². The molecule has 1 fully saturated rings. The van der Waals surface area contributed by atoms with Gasteiger partial charge in [-0.2, -0.15) is 0 Å². The van der Waals surface area contributed by atoms with Crippen LogP contribution in [0.5, 0.6) is 0 Å². The van der Waals surface area contributed by atoms with Gasteiger partial charge in [-0.15, -0.1) is 0 Å². The molecule has 1 heterocycles. The van der Waals surface area contributed by atoms with Crippen LogP contribution in [0.2, 0.25) is 0 Å². The van der Waals surface area contributed by atoms with E-state index < -0.39 is 0 Å². The number of hydrogen-bond acceptors (Lipinski definition) is 1. The number of nitrogens with zero attached hydrogens (tertiary/aromatic N) is 1. The van der Waals surface area contributed by atoms with Crippen LogP contribution in [0.3, 0.4) is 0 Å². The summed E-state index contributed by atoms with van der Waals surface area (Å²) in [6.07, 6.45) is 6.21. The predicted octanol–water partition coefficient (Wildman–Crippen LogP) is 3.83. The molecule has 2 aromatic rings. The zero-order chi connectivity index (χ0) is 11.9. The highest BCUT2D eigenvalue weighted by Crippen LogP contribution is 2.33. The maximum absolute atomic E-state index is 2.56. The molecule has 1 aliphatic carbocycles. The number of hydrogen-bond donors (Lipinski definition) is 0. The summed E-state index contributed by atoms with van der Waals surface area (Å²) in [4.78, 5) is 2.56. The van der Waals surface area contributed by atoms with Gasteiger partial charge < -0.3 is 4.90 Å². The topological polar surface area (TPSA) is 3.24 Å². The first kappa shape index (κ1) is 10.2. The van der Waals surface area contributed by atoms with Crippen LogP contribution in [-0.2, 0) is 6.42 Å². The molecular formula is C17H17N. The summed E-state index contributed by atoms with van der Waals surface area (Å²) in [5, 5.41) is 2.84. The molecular weight excluding hydrogens is 218 g/mol. The van der Waals surface area contributed by atoms with Crippen LogP contribution < -0.4 is 0 Å². The second-order valence-electron chi connectivity index (χ2n) is 5.37. The molecule has 0 aromatic heterocycles. The summed E-state index contributed by atoms with van der Waals surface area (Å²) in [5.41, 5.74) is 4.41. The van der Waals surface area contributed by atoms with Crippen LogP contribution in [0.15, 0.2) is 42.1 Å². The normalized spacial score (nSPS) is 18.2. The summed E-state index contributed by atoms with van der Waals surface area (Å²) < 4.78 is 0. The molecule has 0 radical (unpaired) electrons. The van der Waals surface area contributed by atoms with E-state index in [0.29, 0.717) is 0 Å². The molecule has 1 heteroatoms. The lowest BCUT2D eigenvalue weighted by Crippen LogP contribution is -2.21. The minimum atomic E-state index is 1.11. The molecule has 0 spiro atoms. The van der Waals surface area contributed by atoms with Gasteiger partial charge in [-0.1, -0.05) is 36.4 Å². The lowest BCUT2D eigenvalue weighted by atomic mass is 9.91. The number of likely N-dealkylation sites (tertiary alicyclic amines) is 1. The maximum Gasteiger partial charge on any atom is 0.0184 e. The van der Waals surface area contributed by atoms with Crippen molar-refractivity contribution in [2.75, 3.05) is 13.1 Å². The fourth-order valence-corrected chi connectivity index (χ4v) is 3.35. The Morgan fingerprint density at radius 2 is 1.67 bits per heavy atom. The summed E-state index contributed by atoms with van der Waals surface area (Å²) >= 11 is 0. The fraction of sp³-hybridized carbons (Fsp3) is 0.294. The van der Waals surface area contributed by atoms with Crippen LogP contribution in [0.1, 0.15) is 24.0 Å². The van der Waals surface area contributed by atoms with Crippen molar-refractivity contribution in [3.63, 3.8) is 0 Å². The fourth-order valence-electron chi connectivity index (χ4n) is 3.35. The Hall–Kier alpha value is -1.76. The molecule has 90 valence electrons. The first-order chi connectivity index (χ1) is 8.92. The first-order valence-electron chi connectivity index (χ1n) is 6.88. The standard InChI is InChI=1S/C17H17N/c1-2-10-18(9-1)16-11-14-7-3-5-13-6-4-8-15(12-16)17(13)14/h3-8,11H,1-2,9-10,12H2.